The first-order valence-electron chi connectivity index (χ1n) is 7.24. The molecule has 0 spiro atoms. The highest BCUT2D eigenvalue weighted by atomic mass is 19.1. The molecule has 0 saturated carbocycles. The van der Waals surface area contributed by atoms with Gasteiger partial charge in [-0.2, -0.15) is 0 Å². The zero-order chi connectivity index (χ0) is 14.4. The first kappa shape index (κ1) is 14.8. The number of hydrogen-bond acceptors (Lipinski definition) is 2. The van der Waals surface area contributed by atoms with Crippen molar-refractivity contribution in [1.29, 1.82) is 0 Å². The summed E-state index contributed by atoms with van der Waals surface area (Å²) in [6, 6.07) is 10.7. The van der Waals surface area contributed by atoms with Crippen LogP contribution >= 0.6 is 0 Å². The molecule has 2 aromatic carbocycles. The molecule has 0 amide bonds. The number of fused-ring (bicyclic) bond motifs is 1. The van der Waals surface area contributed by atoms with E-state index in [2.05, 4.69) is 12.2 Å². The summed E-state index contributed by atoms with van der Waals surface area (Å²) in [6.45, 7) is 3.07. The first-order chi connectivity index (χ1) is 9.76. The van der Waals surface area contributed by atoms with Gasteiger partial charge in [0.25, 0.3) is 0 Å². The van der Waals surface area contributed by atoms with Crippen molar-refractivity contribution < 1.29 is 9.13 Å². The lowest BCUT2D eigenvalue weighted by atomic mass is 10.1. The summed E-state index contributed by atoms with van der Waals surface area (Å²) in [4.78, 5) is 0. The molecule has 0 bridgehead atoms. The lowest BCUT2D eigenvalue weighted by Gasteiger charge is -2.20. The van der Waals surface area contributed by atoms with Gasteiger partial charge in [-0.1, -0.05) is 37.6 Å². The summed E-state index contributed by atoms with van der Waals surface area (Å²) in [5, 5.41) is 4.61. The van der Waals surface area contributed by atoms with Gasteiger partial charge in [-0.15, -0.1) is 0 Å². The highest BCUT2D eigenvalue weighted by Crippen LogP contribution is 2.29. The molecule has 1 N–H and O–H groups in total. The minimum absolute atomic E-state index is 0.168. The molecule has 0 saturated heterocycles. The van der Waals surface area contributed by atoms with Gasteiger partial charge in [0.15, 0.2) is 0 Å². The van der Waals surface area contributed by atoms with Gasteiger partial charge in [0.05, 0.1) is 6.10 Å². The molecule has 20 heavy (non-hydrogen) atoms. The minimum Gasteiger partial charge on any atom is -0.490 e. The van der Waals surface area contributed by atoms with Gasteiger partial charge >= 0.3 is 0 Å². The first-order valence-corrected chi connectivity index (χ1v) is 7.24. The molecule has 0 aliphatic heterocycles. The molecule has 0 aliphatic carbocycles. The lowest BCUT2D eigenvalue weighted by Crippen LogP contribution is -2.22. The van der Waals surface area contributed by atoms with E-state index in [1.807, 2.05) is 25.2 Å². The number of nitrogens with one attached hydrogen (secondary N) is 1. The maximum absolute atomic E-state index is 13.8. The van der Waals surface area contributed by atoms with E-state index in [0.29, 0.717) is 5.39 Å². The van der Waals surface area contributed by atoms with Crippen LogP contribution in [0.4, 0.5) is 4.39 Å². The van der Waals surface area contributed by atoms with Crippen LogP contribution in [-0.2, 0) is 0 Å². The second kappa shape index (κ2) is 7.25. The van der Waals surface area contributed by atoms with E-state index in [1.54, 1.807) is 12.1 Å². The Morgan fingerprint density at radius 1 is 1.10 bits per heavy atom. The Morgan fingerprint density at radius 2 is 1.85 bits per heavy atom. The molecular weight excluding hydrogens is 253 g/mol. The number of hydrogen-bond donors (Lipinski definition) is 1. The topological polar surface area (TPSA) is 21.3 Å². The fraction of sp³-hybridized carbons (Fsp3) is 0.412. The SMILES string of the molecule is CCC[C@@H](CCNC)Oc1ccc(F)c2ccccc12. The Morgan fingerprint density at radius 3 is 2.55 bits per heavy atom. The van der Waals surface area contributed by atoms with Crippen LogP contribution in [0.3, 0.4) is 0 Å². The summed E-state index contributed by atoms with van der Waals surface area (Å²) < 4.78 is 19.9. The van der Waals surface area contributed by atoms with Crippen LogP contribution in [0.2, 0.25) is 0 Å². The fourth-order valence-electron chi connectivity index (χ4n) is 2.41. The third-order valence-electron chi connectivity index (χ3n) is 3.45. The van der Waals surface area contributed by atoms with Crippen molar-refractivity contribution in [1.82, 2.24) is 5.32 Å². The predicted octanol–water partition coefficient (Wildman–Crippen LogP) is 4.14. The van der Waals surface area contributed by atoms with E-state index in [0.717, 1.165) is 36.9 Å². The van der Waals surface area contributed by atoms with Crippen molar-refractivity contribution >= 4 is 10.8 Å². The number of halogens is 1. The molecule has 0 heterocycles. The van der Waals surface area contributed by atoms with Gasteiger partial charge in [0, 0.05) is 10.8 Å². The zero-order valence-corrected chi connectivity index (χ0v) is 12.2. The molecule has 0 fully saturated rings. The van der Waals surface area contributed by atoms with E-state index in [-0.39, 0.29) is 11.9 Å². The zero-order valence-electron chi connectivity index (χ0n) is 12.2. The van der Waals surface area contributed by atoms with Gasteiger partial charge in [0.1, 0.15) is 11.6 Å². The smallest absolute Gasteiger partial charge is 0.131 e. The Labute approximate surface area is 119 Å². The van der Waals surface area contributed by atoms with Gasteiger partial charge in [-0.3, -0.25) is 0 Å². The van der Waals surface area contributed by atoms with E-state index in [4.69, 9.17) is 4.74 Å². The lowest BCUT2D eigenvalue weighted by molar-refractivity contribution is 0.182. The third kappa shape index (κ3) is 3.48. The molecule has 1 atom stereocenters. The maximum atomic E-state index is 13.8. The van der Waals surface area contributed by atoms with E-state index in [1.165, 1.54) is 6.07 Å². The van der Waals surface area contributed by atoms with Crippen LogP contribution in [0.15, 0.2) is 36.4 Å². The normalized spacial score (nSPS) is 12.6. The monoisotopic (exact) mass is 275 g/mol. The Kier molecular flexibility index (Phi) is 5.36. The molecule has 0 unspecified atom stereocenters. The maximum Gasteiger partial charge on any atom is 0.131 e. The summed E-state index contributed by atoms with van der Waals surface area (Å²) in [5.74, 6) is 0.576. The molecule has 2 aromatic rings. The summed E-state index contributed by atoms with van der Waals surface area (Å²) in [7, 11) is 1.94. The van der Waals surface area contributed by atoms with Crippen molar-refractivity contribution in [2.75, 3.05) is 13.6 Å². The number of rotatable bonds is 7. The highest BCUT2D eigenvalue weighted by molar-refractivity contribution is 5.88. The summed E-state index contributed by atoms with van der Waals surface area (Å²) >= 11 is 0. The highest BCUT2D eigenvalue weighted by Gasteiger charge is 2.12. The molecule has 108 valence electrons. The number of ether oxygens (including phenoxy) is 1. The molecule has 0 aliphatic rings. The molecule has 3 heteroatoms. The predicted molar refractivity (Wildman–Crippen MR) is 81.8 cm³/mol. The van der Waals surface area contributed by atoms with Gasteiger partial charge in [0.2, 0.25) is 0 Å². The fourth-order valence-corrected chi connectivity index (χ4v) is 2.41. The van der Waals surface area contributed by atoms with Crippen LogP contribution in [0.1, 0.15) is 26.2 Å². The minimum atomic E-state index is -0.199. The molecule has 0 radical (unpaired) electrons. The largest absolute Gasteiger partial charge is 0.490 e. The quantitative estimate of drug-likeness (QED) is 0.820. The Bertz CT molecular complexity index is 556. The molecule has 2 nitrogen and oxygen atoms in total. The molecule has 0 aromatic heterocycles. The van der Waals surface area contributed by atoms with Gasteiger partial charge in [-0.05, 0) is 38.6 Å². The van der Waals surface area contributed by atoms with Crippen molar-refractivity contribution in [3.8, 4) is 5.75 Å². The average Bonchev–Trinajstić information content (AvgIpc) is 2.48. The van der Waals surface area contributed by atoms with Gasteiger partial charge in [-0.25, -0.2) is 4.39 Å². The van der Waals surface area contributed by atoms with Crippen molar-refractivity contribution in [2.45, 2.75) is 32.3 Å². The third-order valence-corrected chi connectivity index (χ3v) is 3.45. The van der Waals surface area contributed by atoms with E-state index in [9.17, 15) is 4.39 Å². The van der Waals surface area contributed by atoms with E-state index < -0.39 is 0 Å². The second-order valence-electron chi connectivity index (χ2n) is 5.01. The molecular formula is C17H22FNO. The van der Waals surface area contributed by atoms with Crippen molar-refractivity contribution in [3.05, 3.63) is 42.2 Å². The van der Waals surface area contributed by atoms with Gasteiger partial charge < -0.3 is 10.1 Å². The van der Waals surface area contributed by atoms with Crippen LogP contribution in [-0.4, -0.2) is 19.7 Å². The van der Waals surface area contributed by atoms with Crippen molar-refractivity contribution in [2.24, 2.45) is 0 Å². The average molecular weight is 275 g/mol. The van der Waals surface area contributed by atoms with Crippen molar-refractivity contribution in [3.63, 3.8) is 0 Å². The van der Waals surface area contributed by atoms with E-state index >= 15 is 0 Å². The molecule has 2 rings (SSSR count). The number of benzene rings is 2. The summed E-state index contributed by atoms with van der Waals surface area (Å²) in [6.07, 6.45) is 3.21. The standard InChI is InChI=1S/C17H22FNO/c1-3-6-13(11-12-19-2)20-17-10-9-16(18)14-7-4-5-8-15(14)17/h4-5,7-10,13,19H,3,6,11-12H2,1-2H3/t13-/m0/s1. The second-order valence-corrected chi connectivity index (χ2v) is 5.01. The Hall–Kier alpha value is -1.61. The van der Waals surface area contributed by atoms with Crippen LogP contribution in [0.5, 0.6) is 5.75 Å². The van der Waals surface area contributed by atoms with Crippen LogP contribution in [0, 0.1) is 5.82 Å². The summed E-state index contributed by atoms with van der Waals surface area (Å²) in [5.41, 5.74) is 0. The Balaban J connectivity index is 2.25. The van der Waals surface area contributed by atoms with Crippen LogP contribution < -0.4 is 10.1 Å². The van der Waals surface area contributed by atoms with Crippen LogP contribution in [0.25, 0.3) is 10.8 Å².